The van der Waals surface area contributed by atoms with Gasteiger partial charge in [0.2, 0.25) is 0 Å². The highest BCUT2D eigenvalue weighted by Crippen LogP contribution is 2.31. The van der Waals surface area contributed by atoms with Crippen LogP contribution in [0.2, 0.25) is 0 Å². The summed E-state index contributed by atoms with van der Waals surface area (Å²) in [4.78, 5) is 17.0. The van der Waals surface area contributed by atoms with Crippen LogP contribution in [0, 0.1) is 0 Å². The van der Waals surface area contributed by atoms with E-state index in [0.717, 1.165) is 31.4 Å². The molecule has 1 amide bonds. The summed E-state index contributed by atoms with van der Waals surface area (Å²) in [5, 5.41) is 13.0. The van der Waals surface area contributed by atoms with E-state index in [9.17, 15) is 9.90 Å². The van der Waals surface area contributed by atoms with Gasteiger partial charge < -0.3 is 10.4 Å². The lowest BCUT2D eigenvalue weighted by atomic mass is 9.86. The molecule has 0 spiro atoms. The number of aliphatic hydroxyl groups is 1. The van der Waals surface area contributed by atoms with Gasteiger partial charge in [0.25, 0.3) is 5.91 Å². The van der Waals surface area contributed by atoms with E-state index in [4.69, 9.17) is 0 Å². The van der Waals surface area contributed by atoms with Crippen LogP contribution in [-0.4, -0.2) is 28.1 Å². The molecule has 3 rings (SSSR count). The van der Waals surface area contributed by atoms with Crippen molar-refractivity contribution in [3.8, 4) is 0 Å². The second-order valence-corrected chi connectivity index (χ2v) is 6.71. The van der Waals surface area contributed by atoms with E-state index in [1.54, 1.807) is 6.07 Å². The number of amides is 1. The summed E-state index contributed by atoms with van der Waals surface area (Å²) in [5.41, 5.74) is 1.54. The van der Waals surface area contributed by atoms with Gasteiger partial charge in [-0.2, -0.15) is 0 Å². The van der Waals surface area contributed by atoms with Crippen molar-refractivity contribution in [2.45, 2.75) is 75.9 Å². The minimum atomic E-state index is -0.417. The van der Waals surface area contributed by atoms with Crippen molar-refractivity contribution in [3.05, 3.63) is 29.6 Å². The van der Waals surface area contributed by atoms with Crippen molar-refractivity contribution < 1.29 is 9.90 Å². The third-order valence-electron chi connectivity index (χ3n) is 5.07. The molecule has 0 bridgehead atoms. The van der Waals surface area contributed by atoms with E-state index >= 15 is 0 Å². The lowest BCUT2D eigenvalue weighted by Gasteiger charge is -2.28. The average molecular weight is 302 g/mol. The fraction of sp³-hybridized carbons (Fsp3) is 0.667. The number of hydrogen-bond donors (Lipinski definition) is 2. The number of aromatic nitrogens is 1. The SMILES string of the molecule is O=C(NC1CCCCC1O)c1cccc(C2CCCCC2)n1. The molecule has 0 aromatic carbocycles. The van der Waals surface area contributed by atoms with Crippen LogP contribution in [0.5, 0.6) is 0 Å². The maximum absolute atomic E-state index is 12.4. The molecular formula is C18H26N2O2. The first-order valence-electron chi connectivity index (χ1n) is 8.70. The first-order valence-corrected chi connectivity index (χ1v) is 8.70. The predicted octanol–water partition coefficient (Wildman–Crippen LogP) is 3.16. The number of aliphatic hydroxyl groups excluding tert-OH is 1. The van der Waals surface area contributed by atoms with Gasteiger partial charge in [-0.1, -0.05) is 38.2 Å². The minimum absolute atomic E-state index is 0.124. The molecule has 1 aromatic heterocycles. The van der Waals surface area contributed by atoms with Crippen molar-refractivity contribution in [3.63, 3.8) is 0 Å². The molecule has 0 saturated heterocycles. The second kappa shape index (κ2) is 7.23. The summed E-state index contributed by atoms with van der Waals surface area (Å²) < 4.78 is 0. The zero-order valence-electron chi connectivity index (χ0n) is 13.1. The molecule has 2 aliphatic rings. The Kier molecular flexibility index (Phi) is 5.08. The molecule has 2 aliphatic carbocycles. The number of hydrogen-bond acceptors (Lipinski definition) is 3. The summed E-state index contributed by atoms with van der Waals surface area (Å²) in [6.45, 7) is 0. The van der Waals surface area contributed by atoms with Gasteiger partial charge in [-0.15, -0.1) is 0 Å². The van der Waals surface area contributed by atoms with E-state index in [2.05, 4.69) is 10.3 Å². The first kappa shape index (κ1) is 15.5. The molecule has 0 radical (unpaired) electrons. The van der Waals surface area contributed by atoms with Gasteiger partial charge in [-0.25, -0.2) is 4.98 Å². The van der Waals surface area contributed by atoms with E-state index in [0.29, 0.717) is 11.6 Å². The molecule has 4 heteroatoms. The predicted molar refractivity (Wildman–Crippen MR) is 85.8 cm³/mol. The molecule has 2 saturated carbocycles. The standard InChI is InChI=1S/C18H26N2O2/c21-17-12-5-4-9-15(17)20-18(22)16-11-6-10-14(19-16)13-7-2-1-3-8-13/h6,10-11,13,15,17,21H,1-5,7-9,12H2,(H,20,22). The van der Waals surface area contributed by atoms with Crippen LogP contribution in [0.25, 0.3) is 0 Å². The third kappa shape index (κ3) is 3.67. The fourth-order valence-electron chi connectivity index (χ4n) is 3.73. The Labute approximate surface area is 132 Å². The molecule has 22 heavy (non-hydrogen) atoms. The van der Waals surface area contributed by atoms with E-state index < -0.39 is 6.10 Å². The molecular weight excluding hydrogens is 276 g/mol. The van der Waals surface area contributed by atoms with Crippen molar-refractivity contribution >= 4 is 5.91 Å². The summed E-state index contributed by atoms with van der Waals surface area (Å²) in [6.07, 6.45) is 9.53. The van der Waals surface area contributed by atoms with Crippen molar-refractivity contribution in [2.75, 3.05) is 0 Å². The topological polar surface area (TPSA) is 62.2 Å². The average Bonchev–Trinajstić information content (AvgIpc) is 2.58. The molecule has 2 fully saturated rings. The summed E-state index contributed by atoms with van der Waals surface area (Å²) in [5.74, 6) is 0.352. The molecule has 2 N–H and O–H groups in total. The number of pyridine rings is 1. The van der Waals surface area contributed by atoms with Gasteiger partial charge in [0.05, 0.1) is 12.1 Å². The van der Waals surface area contributed by atoms with Crippen molar-refractivity contribution in [1.29, 1.82) is 0 Å². The first-order chi connectivity index (χ1) is 10.7. The molecule has 1 heterocycles. The molecule has 2 unspecified atom stereocenters. The van der Waals surface area contributed by atoms with Crippen LogP contribution in [0.3, 0.4) is 0 Å². The number of nitrogens with one attached hydrogen (secondary N) is 1. The normalized spacial score (nSPS) is 26.6. The highest BCUT2D eigenvalue weighted by molar-refractivity contribution is 5.92. The Morgan fingerprint density at radius 1 is 1.05 bits per heavy atom. The van der Waals surface area contributed by atoms with E-state index in [1.807, 2.05) is 12.1 Å². The van der Waals surface area contributed by atoms with Gasteiger partial charge >= 0.3 is 0 Å². The van der Waals surface area contributed by atoms with Crippen molar-refractivity contribution in [2.24, 2.45) is 0 Å². The number of carbonyl (C=O) groups excluding carboxylic acids is 1. The zero-order chi connectivity index (χ0) is 15.4. The van der Waals surface area contributed by atoms with Crippen LogP contribution >= 0.6 is 0 Å². The van der Waals surface area contributed by atoms with Gasteiger partial charge in [0.1, 0.15) is 5.69 Å². The monoisotopic (exact) mass is 302 g/mol. The van der Waals surface area contributed by atoms with Crippen LogP contribution < -0.4 is 5.32 Å². The lowest BCUT2D eigenvalue weighted by molar-refractivity contribution is 0.0713. The highest BCUT2D eigenvalue weighted by atomic mass is 16.3. The van der Waals surface area contributed by atoms with Crippen LogP contribution in [0.4, 0.5) is 0 Å². The van der Waals surface area contributed by atoms with Crippen LogP contribution in [0.15, 0.2) is 18.2 Å². The maximum atomic E-state index is 12.4. The number of carbonyl (C=O) groups is 1. The molecule has 1 aromatic rings. The molecule has 0 aliphatic heterocycles. The lowest BCUT2D eigenvalue weighted by Crippen LogP contribution is -2.45. The van der Waals surface area contributed by atoms with Gasteiger partial charge in [-0.3, -0.25) is 4.79 Å². The van der Waals surface area contributed by atoms with Crippen LogP contribution in [-0.2, 0) is 0 Å². The highest BCUT2D eigenvalue weighted by Gasteiger charge is 2.25. The number of rotatable bonds is 3. The number of nitrogens with zero attached hydrogens (tertiary/aromatic N) is 1. The Morgan fingerprint density at radius 2 is 1.77 bits per heavy atom. The largest absolute Gasteiger partial charge is 0.391 e. The third-order valence-corrected chi connectivity index (χ3v) is 5.07. The van der Waals surface area contributed by atoms with Crippen LogP contribution in [0.1, 0.15) is 79.9 Å². The molecule has 120 valence electrons. The van der Waals surface area contributed by atoms with Gasteiger partial charge in [-0.05, 0) is 37.8 Å². The summed E-state index contributed by atoms with van der Waals surface area (Å²) >= 11 is 0. The quantitative estimate of drug-likeness (QED) is 0.901. The van der Waals surface area contributed by atoms with Crippen molar-refractivity contribution in [1.82, 2.24) is 10.3 Å². The summed E-state index contributed by atoms with van der Waals surface area (Å²) in [7, 11) is 0. The Hall–Kier alpha value is -1.42. The van der Waals surface area contributed by atoms with E-state index in [-0.39, 0.29) is 11.9 Å². The Balaban J connectivity index is 1.67. The van der Waals surface area contributed by atoms with Gasteiger partial charge in [0.15, 0.2) is 0 Å². The molecule has 2 atom stereocenters. The minimum Gasteiger partial charge on any atom is -0.391 e. The fourth-order valence-corrected chi connectivity index (χ4v) is 3.73. The molecule has 4 nitrogen and oxygen atoms in total. The zero-order valence-corrected chi connectivity index (χ0v) is 13.1. The second-order valence-electron chi connectivity index (χ2n) is 6.71. The Morgan fingerprint density at radius 3 is 2.55 bits per heavy atom. The van der Waals surface area contributed by atoms with Gasteiger partial charge in [0, 0.05) is 11.6 Å². The smallest absolute Gasteiger partial charge is 0.270 e. The van der Waals surface area contributed by atoms with E-state index in [1.165, 1.54) is 32.1 Å². The maximum Gasteiger partial charge on any atom is 0.270 e. The Bertz CT molecular complexity index is 512. The summed E-state index contributed by atoms with van der Waals surface area (Å²) in [6, 6.07) is 5.63.